The molecule has 1 aromatic carbocycles. The second-order valence-electron chi connectivity index (χ2n) is 4.79. The Bertz CT molecular complexity index is 416. The normalized spacial score (nSPS) is 19.8. The molecule has 0 saturated carbocycles. The zero-order valence-electron chi connectivity index (χ0n) is 11.2. The van der Waals surface area contributed by atoms with E-state index < -0.39 is 11.6 Å². The van der Waals surface area contributed by atoms with Crippen LogP contribution in [0.25, 0.3) is 0 Å². The lowest BCUT2D eigenvalue weighted by atomic mass is 10.1. The number of halogens is 2. The van der Waals surface area contributed by atoms with E-state index in [9.17, 15) is 8.78 Å². The second-order valence-corrected chi connectivity index (χ2v) is 4.79. The fourth-order valence-corrected chi connectivity index (χ4v) is 2.40. The minimum Gasteiger partial charge on any atom is -0.375 e. The molecular formula is C14H20F2N2O. The van der Waals surface area contributed by atoms with Crippen molar-refractivity contribution >= 4 is 5.69 Å². The molecule has 0 amide bonds. The number of morpholine rings is 1. The average molecular weight is 270 g/mol. The fraction of sp³-hybridized carbons (Fsp3) is 0.571. The molecule has 19 heavy (non-hydrogen) atoms. The lowest BCUT2D eigenvalue weighted by Gasteiger charge is -2.34. The van der Waals surface area contributed by atoms with Gasteiger partial charge in [0.15, 0.2) is 0 Å². The van der Waals surface area contributed by atoms with E-state index in [1.807, 2.05) is 6.92 Å². The molecule has 0 aliphatic carbocycles. The summed E-state index contributed by atoms with van der Waals surface area (Å²) >= 11 is 0. The number of hydrogen-bond donors (Lipinski definition) is 1. The molecular weight excluding hydrogens is 250 g/mol. The van der Waals surface area contributed by atoms with Gasteiger partial charge in [-0.05, 0) is 37.1 Å². The van der Waals surface area contributed by atoms with Gasteiger partial charge >= 0.3 is 0 Å². The first-order chi connectivity index (χ1) is 9.15. The SMILES string of the molecule is CCC1CN(c2c(F)cc(CCN)cc2F)CCO1. The van der Waals surface area contributed by atoms with Gasteiger partial charge in [0.2, 0.25) is 0 Å². The predicted molar refractivity (Wildman–Crippen MR) is 71.4 cm³/mol. The minimum atomic E-state index is -0.514. The summed E-state index contributed by atoms with van der Waals surface area (Å²) in [6.07, 6.45) is 1.36. The third kappa shape index (κ3) is 3.22. The number of nitrogens with two attached hydrogens (primary N) is 1. The Morgan fingerprint density at radius 2 is 2.05 bits per heavy atom. The number of benzene rings is 1. The van der Waals surface area contributed by atoms with Crippen molar-refractivity contribution in [2.75, 3.05) is 31.1 Å². The van der Waals surface area contributed by atoms with Crippen LogP contribution in [0.4, 0.5) is 14.5 Å². The van der Waals surface area contributed by atoms with Crippen LogP contribution >= 0.6 is 0 Å². The van der Waals surface area contributed by atoms with Gasteiger partial charge in [0.1, 0.15) is 17.3 Å². The van der Waals surface area contributed by atoms with E-state index in [4.69, 9.17) is 10.5 Å². The number of nitrogens with zero attached hydrogens (tertiary/aromatic N) is 1. The first-order valence-corrected chi connectivity index (χ1v) is 6.70. The first kappa shape index (κ1) is 14.2. The summed E-state index contributed by atoms with van der Waals surface area (Å²) in [4.78, 5) is 1.73. The van der Waals surface area contributed by atoms with Crippen LogP contribution in [0, 0.1) is 11.6 Å². The topological polar surface area (TPSA) is 38.5 Å². The Kier molecular flexibility index (Phi) is 4.71. The molecule has 1 aliphatic rings. The molecule has 0 aromatic heterocycles. The highest BCUT2D eigenvalue weighted by Gasteiger charge is 2.24. The third-order valence-electron chi connectivity index (χ3n) is 3.42. The van der Waals surface area contributed by atoms with Gasteiger partial charge in [-0.2, -0.15) is 0 Å². The van der Waals surface area contributed by atoms with E-state index in [0.29, 0.717) is 38.2 Å². The first-order valence-electron chi connectivity index (χ1n) is 6.70. The lowest BCUT2D eigenvalue weighted by molar-refractivity contribution is 0.0380. The van der Waals surface area contributed by atoms with Crippen LogP contribution in [-0.4, -0.2) is 32.3 Å². The van der Waals surface area contributed by atoms with Gasteiger partial charge in [0.25, 0.3) is 0 Å². The molecule has 1 fully saturated rings. The molecule has 1 saturated heterocycles. The monoisotopic (exact) mass is 270 g/mol. The summed E-state index contributed by atoms with van der Waals surface area (Å²) in [5.74, 6) is -1.03. The molecule has 3 nitrogen and oxygen atoms in total. The highest BCUT2D eigenvalue weighted by molar-refractivity contribution is 5.51. The van der Waals surface area contributed by atoms with Gasteiger partial charge in [0, 0.05) is 13.1 Å². The maximum atomic E-state index is 14.1. The molecule has 1 aliphatic heterocycles. The van der Waals surface area contributed by atoms with E-state index in [1.165, 1.54) is 12.1 Å². The average Bonchev–Trinajstić information content (AvgIpc) is 2.38. The Morgan fingerprint density at radius 1 is 1.37 bits per heavy atom. The molecule has 1 heterocycles. The van der Waals surface area contributed by atoms with Crippen molar-refractivity contribution in [1.29, 1.82) is 0 Å². The second kappa shape index (κ2) is 6.30. The van der Waals surface area contributed by atoms with Crippen LogP contribution in [0.2, 0.25) is 0 Å². The van der Waals surface area contributed by atoms with Gasteiger partial charge in [0.05, 0.1) is 12.7 Å². The van der Waals surface area contributed by atoms with Crippen molar-refractivity contribution in [2.45, 2.75) is 25.9 Å². The number of rotatable bonds is 4. The molecule has 1 unspecified atom stereocenters. The molecule has 2 rings (SSSR count). The summed E-state index contributed by atoms with van der Waals surface area (Å²) in [7, 11) is 0. The van der Waals surface area contributed by atoms with Gasteiger partial charge < -0.3 is 15.4 Å². The van der Waals surface area contributed by atoms with E-state index >= 15 is 0 Å². The van der Waals surface area contributed by atoms with Crippen molar-refractivity contribution in [3.8, 4) is 0 Å². The molecule has 106 valence electrons. The molecule has 0 spiro atoms. The quantitative estimate of drug-likeness (QED) is 0.910. The highest BCUT2D eigenvalue weighted by Crippen LogP contribution is 2.27. The smallest absolute Gasteiger partial charge is 0.149 e. The van der Waals surface area contributed by atoms with E-state index in [0.717, 1.165) is 6.42 Å². The van der Waals surface area contributed by atoms with E-state index in [-0.39, 0.29) is 11.8 Å². The number of hydrogen-bond acceptors (Lipinski definition) is 3. The van der Waals surface area contributed by atoms with Gasteiger partial charge in [-0.3, -0.25) is 0 Å². The standard InChI is InChI=1S/C14H20F2N2O/c1-2-11-9-18(5-6-19-11)14-12(15)7-10(3-4-17)8-13(14)16/h7-8,11H,2-6,9,17H2,1H3. The zero-order valence-corrected chi connectivity index (χ0v) is 11.2. The largest absolute Gasteiger partial charge is 0.375 e. The van der Waals surface area contributed by atoms with Crippen LogP contribution in [0.1, 0.15) is 18.9 Å². The van der Waals surface area contributed by atoms with Crippen LogP contribution < -0.4 is 10.6 Å². The van der Waals surface area contributed by atoms with Crippen molar-refractivity contribution in [1.82, 2.24) is 0 Å². The van der Waals surface area contributed by atoms with Gasteiger partial charge in [-0.1, -0.05) is 6.92 Å². The number of anilines is 1. The fourth-order valence-electron chi connectivity index (χ4n) is 2.40. The Hall–Kier alpha value is -1.20. The lowest BCUT2D eigenvalue weighted by Crippen LogP contribution is -2.43. The summed E-state index contributed by atoms with van der Waals surface area (Å²) < 4.78 is 33.7. The van der Waals surface area contributed by atoms with Crippen LogP contribution in [-0.2, 0) is 11.2 Å². The Labute approximate surface area is 112 Å². The van der Waals surface area contributed by atoms with Gasteiger partial charge in [-0.15, -0.1) is 0 Å². The van der Waals surface area contributed by atoms with Crippen molar-refractivity contribution in [2.24, 2.45) is 5.73 Å². The summed E-state index contributed by atoms with van der Waals surface area (Å²) in [6, 6.07) is 2.75. The summed E-state index contributed by atoms with van der Waals surface area (Å²) in [6.45, 7) is 3.93. The Morgan fingerprint density at radius 3 is 2.63 bits per heavy atom. The number of ether oxygens (including phenoxy) is 1. The molecule has 0 bridgehead atoms. The van der Waals surface area contributed by atoms with E-state index in [1.54, 1.807) is 4.90 Å². The Balaban J connectivity index is 2.24. The molecule has 0 radical (unpaired) electrons. The van der Waals surface area contributed by atoms with Gasteiger partial charge in [-0.25, -0.2) is 8.78 Å². The highest BCUT2D eigenvalue weighted by atomic mass is 19.1. The molecule has 1 atom stereocenters. The van der Waals surface area contributed by atoms with E-state index in [2.05, 4.69) is 0 Å². The maximum Gasteiger partial charge on any atom is 0.149 e. The van der Waals surface area contributed by atoms with Crippen molar-refractivity contribution in [3.63, 3.8) is 0 Å². The maximum absolute atomic E-state index is 14.1. The van der Waals surface area contributed by atoms with Crippen LogP contribution in [0.5, 0.6) is 0 Å². The van der Waals surface area contributed by atoms with Crippen molar-refractivity contribution in [3.05, 3.63) is 29.3 Å². The van der Waals surface area contributed by atoms with Crippen molar-refractivity contribution < 1.29 is 13.5 Å². The van der Waals surface area contributed by atoms with Crippen LogP contribution in [0.3, 0.4) is 0 Å². The molecule has 2 N–H and O–H groups in total. The third-order valence-corrected chi connectivity index (χ3v) is 3.42. The predicted octanol–water partition coefficient (Wildman–Crippen LogP) is 2.08. The van der Waals surface area contributed by atoms with Crippen LogP contribution in [0.15, 0.2) is 12.1 Å². The zero-order chi connectivity index (χ0) is 13.8. The minimum absolute atomic E-state index is 0.0382. The summed E-state index contributed by atoms with van der Waals surface area (Å²) in [5.41, 5.74) is 6.06. The summed E-state index contributed by atoms with van der Waals surface area (Å²) in [5, 5.41) is 0. The molecule has 5 heteroatoms. The molecule has 1 aromatic rings.